The smallest absolute Gasteiger partial charge is 0.146 e. The summed E-state index contributed by atoms with van der Waals surface area (Å²) in [6.07, 6.45) is 1.60. The lowest BCUT2D eigenvalue weighted by Gasteiger charge is -2.07. The molecule has 3 N–H and O–H groups in total. The minimum atomic E-state index is -0.412. The first-order valence-electron chi connectivity index (χ1n) is 8.16. The van der Waals surface area contributed by atoms with Gasteiger partial charge in [-0.05, 0) is 30.2 Å². The number of pyridine rings is 1. The Kier molecular flexibility index (Phi) is 5.97. The van der Waals surface area contributed by atoms with Gasteiger partial charge in [0.2, 0.25) is 0 Å². The fourth-order valence-electron chi connectivity index (χ4n) is 2.47. The summed E-state index contributed by atoms with van der Waals surface area (Å²) in [5, 5.41) is 1.62. The van der Waals surface area contributed by atoms with Gasteiger partial charge in [0, 0.05) is 45.5 Å². The van der Waals surface area contributed by atoms with E-state index in [-0.39, 0.29) is 12.2 Å². The van der Waals surface area contributed by atoms with Crippen LogP contribution in [-0.2, 0) is 6.54 Å². The van der Waals surface area contributed by atoms with Gasteiger partial charge in [0.1, 0.15) is 5.82 Å². The number of H-pyrrole nitrogens is 1. The van der Waals surface area contributed by atoms with Crippen molar-refractivity contribution in [1.29, 1.82) is 0 Å². The summed E-state index contributed by atoms with van der Waals surface area (Å²) >= 11 is 6.36. The van der Waals surface area contributed by atoms with E-state index >= 15 is 0 Å². The molecule has 0 saturated carbocycles. The topological polar surface area (TPSA) is 54.7 Å². The van der Waals surface area contributed by atoms with Gasteiger partial charge < -0.3 is 10.7 Å². The molecule has 0 aliphatic heterocycles. The van der Waals surface area contributed by atoms with E-state index in [2.05, 4.69) is 29.9 Å². The number of aromatic amines is 1. The van der Waals surface area contributed by atoms with Gasteiger partial charge in [0.05, 0.1) is 5.69 Å². The predicted octanol–water partition coefficient (Wildman–Crippen LogP) is 5.63. The van der Waals surface area contributed by atoms with E-state index in [1.807, 2.05) is 26.0 Å². The number of hydrogen-bond donors (Lipinski definition) is 2. The number of nitrogens with zero attached hydrogens (tertiary/aromatic N) is 1. The lowest BCUT2D eigenvalue weighted by atomic mass is 10.1. The van der Waals surface area contributed by atoms with Gasteiger partial charge in [-0.1, -0.05) is 39.3 Å². The van der Waals surface area contributed by atoms with E-state index in [1.165, 1.54) is 6.07 Å². The van der Waals surface area contributed by atoms with Gasteiger partial charge in [-0.25, -0.2) is 4.39 Å². The van der Waals surface area contributed by atoms with Gasteiger partial charge in [-0.3, -0.25) is 4.98 Å². The zero-order chi connectivity index (χ0) is 17.9. The van der Waals surface area contributed by atoms with Crippen LogP contribution in [0.15, 0.2) is 30.5 Å². The molecule has 0 aliphatic rings. The second-order valence-corrected chi connectivity index (χ2v) is 6.06. The molecule has 0 spiro atoms. The van der Waals surface area contributed by atoms with Crippen molar-refractivity contribution in [3.05, 3.63) is 52.7 Å². The van der Waals surface area contributed by atoms with Crippen molar-refractivity contribution < 1.29 is 4.39 Å². The number of nitrogens with two attached hydrogens (primary N) is 1. The summed E-state index contributed by atoms with van der Waals surface area (Å²) in [5.74, 6) is -0.0110. The first kappa shape index (κ1) is 18.4. The van der Waals surface area contributed by atoms with Crippen molar-refractivity contribution in [2.75, 3.05) is 0 Å². The van der Waals surface area contributed by atoms with Crippen LogP contribution in [0.2, 0.25) is 5.02 Å². The third kappa shape index (κ3) is 3.60. The molecule has 0 unspecified atom stereocenters. The first-order valence-corrected chi connectivity index (χ1v) is 8.54. The van der Waals surface area contributed by atoms with Gasteiger partial charge in [-0.15, -0.1) is 0 Å². The lowest BCUT2D eigenvalue weighted by molar-refractivity contribution is 0.600. The Balaban J connectivity index is 0.00000100. The molecule has 2 heterocycles. The van der Waals surface area contributed by atoms with Crippen LogP contribution in [0.4, 0.5) is 4.39 Å². The number of hydrogen-bond acceptors (Lipinski definition) is 2. The van der Waals surface area contributed by atoms with Crippen molar-refractivity contribution in [1.82, 2.24) is 9.97 Å². The van der Waals surface area contributed by atoms with Crippen molar-refractivity contribution in [2.24, 2.45) is 5.73 Å². The molecule has 24 heavy (non-hydrogen) atoms. The van der Waals surface area contributed by atoms with Crippen LogP contribution in [0.3, 0.4) is 0 Å². The number of benzene rings is 1. The summed E-state index contributed by atoms with van der Waals surface area (Å²) in [4.78, 5) is 7.44. The fraction of sp³-hybridized carbons (Fsp3) is 0.316. The third-order valence-corrected chi connectivity index (χ3v) is 4.09. The van der Waals surface area contributed by atoms with E-state index in [0.717, 1.165) is 22.2 Å². The normalized spacial score (nSPS) is 10.8. The second kappa shape index (κ2) is 7.77. The molecular formula is C19H23ClFN3. The van der Waals surface area contributed by atoms with Gasteiger partial charge in [0.25, 0.3) is 0 Å². The summed E-state index contributed by atoms with van der Waals surface area (Å²) in [5.41, 5.74) is 9.21. The van der Waals surface area contributed by atoms with Crippen molar-refractivity contribution >= 4 is 22.5 Å². The number of nitrogens with one attached hydrogen (secondary N) is 1. The first-order chi connectivity index (χ1) is 11.5. The van der Waals surface area contributed by atoms with Gasteiger partial charge >= 0.3 is 0 Å². The molecule has 128 valence electrons. The van der Waals surface area contributed by atoms with Crippen molar-refractivity contribution in [2.45, 2.75) is 40.2 Å². The molecule has 0 atom stereocenters. The van der Waals surface area contributed by atoms with Crippen LogP contribution in [0.1, 0.15) is 45.0 Å². The number of fused-ring (bicyclic) bond motifs is 1. The Morgan fingerprint density at radius 1 is 1.21 bits per heavy atom. The Morgan fingerprint density at radius 3 is 2.50 bits per heavy atom. The SMILES string of the molecule is CC.CC(C)c1cc2cc(Cl)c(-c3cnc(CN)c(F)c3)cc2[nH]1. The van der Waals surface area contributed by atoms with Gasteiger partial charge in [-0.2, -0.15) is 0 Å². The summed E-state index contributed by atoms with van der Waals surface area (Å²) in [6.45, 7) is 8.32. The molecule has 2 aromatic heterocycles. The number of halogens is 2. The number of rotatable bonds is 3. The molecule has 0 amide bonds. The minimum Gasteiger partial charge on any atom is -0.358 e. The van der Waals surface area contributed by atoms with Crippen LogP contribution >= 0.6 is 11.6 Å². The van der Waals surface area contributed by atoms with Crippen LogP contribution in [0, 0.1) is 5.82 Å². The van der Waals surface area contributed by atoms with Crippen LogP contribution < -0.4 is 5.73 Å². The molecule has 3 aromatic rings. The fourth-order valence-corrected chi connectivity index (χ4v) is 2.75. The zero-order valence-electron chi connectivity index (χ0n) is 14.5. The summed E-state index contributed by atoms with van der Waals surface area (Å²) in [7, 11) is 0. The Bertz CT molecular complexity index is 840. The predicted molar refractivity (Wildman–Crippen MR) is 99.8 cm³/mol. The maximum Gasteiger partial charge on any atom is 0.146 e. The Labute approximate surface area is 147 Å². The molecule has 0 aliphatic carbocycles. The quantitative estimate of drug-likeness (QED) is 0.645. The van der Waals surface area contributed by atoms with Crippen LogP contribution in [0.25, 0.3) is 22.0 Å². The molecule has 0 saturated heterocycles. The van der Waals surface area contributed by atoms with Crippen LogP contribution in [-0.4, -0.2) is 9.97 Å². The molecule has 0 radical (unpaired) electrons. The molecule has 3 rings (SSSR count). The summed E-state index contributed by atoms with van der Waals surface area (Å²) in [6, 6.07) is 7.34. The average Bonchev–Trinajstić information content (AvgIpc) is 2.99. The Morgan fingerprint density at radius 2 is 1.92 bits per heavy atom. The maximum absolute atomic E-state index is 13.9. The molecule has 3 nitrogen and oxygen atoms in total. The second-order valence-electron chi connectivity index (χ2n) is 5.66. The van der Waals surface area contributed by atoms with E-state index in [0.29, 0.717) is 16.5 Å². The number of aromatic nitrogens is 2. The molecule has 0 bridgehead atoms. The van der Waals surface area contributed by atoms with Crippen LogP contribution in [0.5, 0.6) is 0 Å². The van der Waals surface area contributed by atoms with E-state index in [9.17, 15) is 4.39 Å². The highest BCUT2D eigenvalue weighted by molar-refractivity contribution is 6.34. The standard InChI is InChI=1S/C17H17ClFN3.C2H6/c1-9(2)15-5-10-3-13(18)12(6-16(10)22-15)11-4-14(19)17(7-20)21-8-11;1-2/h3-6,8-9,22H,7,20H2,1-2H3;1-2H3. The monoisotopic (exact) mass is 347 g/mol. The van der Waals surface area contributed by atoms with E-state index in [1.54, 1.807) is 6.20 Å². The van der Waals surface area contributed by atoms with Crippen molar-refractivity contribution in [3.63, 3.8) is 0 Å². The highest BCUT2D eigenvalue weighted by Gasteiger charge is 2.12. The zero-order valence-corrected chi connectivity index (χ0v) is 15.2. The average molecular weight is 348 g/mol. The largest absolute Gasteiger partial charge is 0.358 e. The van der Waals surface area contributed by atoms with Gasteiger partial charge in [0.15, 0.2) is 0 Å². The molecular weight excluding hydrogens is 325 g/mol. The summed E-state index contributed by atoms with van der Waals surface area (Å²) < 4.78 is 13.9. The highest BCUT2D eigenvalue weighted by atomic mass is 35.5. The van der Waals surface area contributed by atoms with Crippen molar-refractivity contribution in [3.8, 4) is 11.1 Å². The van der Waals surface area contributed by atoms with E-state index in [4.69, 9.17) is 17.3 Å². The minimum absolute atomic E-state index is 0.0766. The highest BCUT2D eigenvalue weighted by Crippen LogP contribution is 2.33. The maximum atomic E-state index is 13.9. The van der Waals surface area contributed by atoms with E-state index < -0.39 is 5.82 Å². The Hall–Kier alpha value is -1.91. The molecule has 5 heteroatoms. The lowest BCUT2D eigenvalue weighted by Crippen LogP contribution is -2.03. The third-order valence-electron chi connectivity index (χ3n) is 3.77. The molecule has 0 fully saturated rings. The molecule has 1 aromatic carbocycles.